The van der Waals surface area contributed by atoms with E-state index in [4.69, 9.17) is 0 Å². The molecule has 0 saturated carbocycles. The molecule has 0 spiro atoms. The number of nitro groups is 1. The SMILES string of the molecule is Cc1ccn2c(C)c(-c3cccc([N+](=O)[O-])c3)nc2c1. The lowest BCUT2D eigenvalue weighted by atomic mass is 10.1. The molecule has 0 N–H and O–H groups in total. The third-order valence-corrected chi connectivity index (χ3v) is 3.35. The summed E-state index contributed by atoms with van der Waals surface area (Å²) in [5.41, 5.74) is 4.57. The standard InChI is InChI=1S/C15H13N3O2/c1-10-6-7-17-11(2)15(16-14(17)8-10)12-4-3-5-13(9-12)18(19)20/h3-9H,1-2H3. The van der Waals surface area contributed by atoms with E-state index in [1.165, 1.54) is 6.07 Å². The Kier molecular flexibility index (Phi) is 2.75. The van der Waals surface area contributed by atoms with E-state index in [2.05, 4.69) is 4.98 Å². The molecule has 0 radical (unpaired) electrons. The van der Waals surface area contributed by atoms with Crippen LogP contribution in [0, 0.1) is 24.0 Å². The molecule has 2 heterocycles. The Hall–Kier alpha value is -2.69. The monoisotopic (exact) mass is 267 g/mol. The molecule has 2 aromatic heterocycles. The number of nitrogens with zero attached hydrogens (tertiary/aromatic N) is 3. The molecule has 3 rings (SSSR count). The summed E-state index contributed by atoms with van der Waals surface area (Å²) in [7, 11) is 0. The lowest BCUT2D eigenvalue weighted by molar-refractivity contribution is -0.384. The van der Waals surface area contributed by atoms with Crippen LogP contribution in [-0.2, 0) is 0 Å². The van der Waals surface area contributed by atoms with Crippen molar-refractivity contribution in [1.82, 2.24) is 9.38 Å². The summed E-state index contributed by atoms with van der Waals surface area (Å²) in [5, 5.41) is 10.9. The van der Waals surface area contributed by atoms with Gasteiger partial charge in [0, 0.05) is 29.6 Å². The van der Waals surface area contributed by atoms with Crippen molar-refractivity contribution in [2.24, 2.45) is 0 Å². The first-order chi connectivity index (χ1) is 9.56. The predicted octanol–water partition coefficient (Wildman–Crippen LogP) is 3.53. The van der Waals surface area contributed by atoms with E-state index >= 15 is 0 Å². The number of pyridine rings is 1. The molecule has 0 aliphatic carbocycles. The largest absolute Gasteiger partial charge is 0.304 e. The molecule has 0 amide bonds. The smallest absolute Gasteiger partial charge is 0.270 e. The van der Waals surface area contributed by atoms with Crippen LogP contribution in [0.4, 0.5) is 5.69 Å². The number of fused-ring (bicyclic) bond motifs is 1. The highest BCUT2D eigenvalue weighted by atomic mass is 16.6. The number of benzene rings is 1. The van der Waals surface area contributed by atoms with E-state index in [9.17, 15) is 10.1 Å². The summed E-state index contributed by atoms with van der Waals surface area (Å²) >= 11 is 0. The van der Waals surface area contributed by atoms with E-state index in [1.807, 2.05) is 42.6 Å². The zero-order chi connectivity index (χ0) is 14.3. The fourth-order valence-electron chi connectivity index (χ4n) is 2.31. The highest BCUT2D eigenvalue weighted by Crippen LogP contribution is 2.27. The lowest BCUT2D eigenvalue weighted by Gasteiger charge is -2.00. The van der Waals surface area contributed by atoms with Gasteiger partial charge in [0.05, 0.1) is 10.6 Å². The predicted molar refractivity (Wildman–Crippen MR) is 76.8 cm³/mol. The molecule has 0 atom stereocenters. The summed E-state index contributed by atoms with van der Waals surface area (Å²) in [6.45, 7) is 3.97. The minimum Gasteiger partial charge on any atom is -0.304 e. The van der Waals surface area contributed by atoms with Gasteiger partial charge in [0.15, 0.2) is 0 Å². The maximum absolute atomic E-state index is 10.9. The van der Waals surface area contributed by atoms with Gasteiger partial charge in [-0.15, -0.1) is 0 Å². The second kappa shape index (κ2) is 4.45. The van der Waals surface area contributed by atoms with Crippen LogP contribution in [0.25, 0.3) is 16.9 Å². The van der Waals surface area contributed by atoms with Crippen molar-refractivity contribution in [2.45, 2.75) is 13.8 Å². The number of nitro benzene ring substituents is 1. The minimum atomic E-state index is -0.390. The van der Waals surface area contributed by atoms with Crippen molar-refractivity contribution in [1.29, 1.82) is 0 Å². The Morgan fingerprint density at radius 2 is 2.00 bits per heavy atom. The number of non-ortho nitro benzene ring substituents is 1. The number of imidazole rings is 1. The molecule has 3 aromatic rings. The molecule has 0 aliphatic heterocycles. The lowest BCUT2D eigenvalue weighted by Crippen LogP contribution is -1.90. The molecule has 1 aromatic carbocycles. The van der Waals surface area contributed by atoms with E-state index < -0.39 is 4.92 Å². The molecule has 0 unspecified atom stereocenters. The average molecular weight is 267 g/mol. The number of hydrogen-bond donors (Lipinski definition) is 0. The fourth-order valence-corrected chi connectivity index (χ4v) is 2.31. The Morgan fingerprint density at radius 3 is 2.75 bits per heavy atom. The summed E-state index contributed by atoms with van der Waals surface area (Å²) in [6.07, 6.45) is 1.97. The Balaban J connectivity index is 2.21. The van der Waals surface area contributed by atoms with Crippen LogP contribution in [0.15, 0.2) is 42.6 Å². The number of rotatable bonds is 2. The van der Waals surface area contributed by atoms with Gasteiger partial charge < -0.3 is 4.40 Å². The van der Waals surface area contributed by atoms with Gasteiger partial charge in [-0.2, -0.15) is 0 Å². The van der Waals surface area contributed by atoms with Gasteiger partial charge in [0.1, 0.15) is 5.65 Å². The van der Waals surface area contributed by atoms with Gasteiger partial charge in [0.25, 0.3) is 5.69 Å². The maximum atomic E-state index is 10.9. The quantitative estimate of drug-likeness (QED) is 0.527. The van der Waals surface area contributed by atoms with Gasteiger partial charge in [0.2, 0.25) is 0 Å². The van der Waals surface area contributed by atoms with E-state index in [0.29, 0.717) is 0 Å². The molecule has 5 heteroatoms. The molecule has 5 nitrogen and oxygen atoms in total. The first kappa shape index (κ1) is 12.3. The Bertz CT molecular complexity index is 821. The van der Waals surface area contributed by atoms with Gasteiger partial charge in [-0.05, 0) is 31.5 Å². The average Bonchev–Trinajstić information content (AvgIpc) is 2.75. The van der Waals surface area contributed by atoms with Crippen LogP contribution < -0.4 is 0 Å². The van der Waals surface area contributed by atoms with Crippen LogP contribution in [-0.4, -0.2) is 14.3 Å². The Morgan fingerprint density at radius 1 is 1.20 bits per heavy atom. The van der Waals surface area contributed by atoms with Crippen molar-refractivity contribution in [3.63, 3.8) is 0 Å². The molecule has 0 aliphatic rings. The van der Waals surface area contributed by atoms with E-state index in [1.54, 1.807) is 12.1 Å². The van der Waals surface area contributed by atoms with Gasteiger partial charge in [-0.1, -0.05) is 12.1 Å². The zero-order valence-corrected chi connectivity index (χ0v) is 11.2. The summed E-state index contributed by atoms with van der Waals surface area (Å²) in [5.74, 6) is 0. The maximum Gasteiger partial charge on any atom is 0.270 e. The van der Waals surface area contributed by atoms with Crippen molar-refractivity contribution >= 4 is 11.3 Å². The molecule has 0 bridgehead atoms. The van der Waals surface area contributed by atoms with E-state index in [0.717, 1.165) is 28.2 Å². The fraction of sp³-hybridized carbons (Fsp3) is 0.133. The van der Waals surface area contributed by atoms with Crippen LogP contribution >= 0.6 is 0 Å². The van der Waals surface area contributed by atoms with Gasteiger partial charge in [-0.3, -0.25) is 10.1 Å². The molecule has 0 saturated heterocycles. The van der Waals surface area contributed by atoms with Crippen molar-refractivity contribution in [3.8, 4) is 11.3 Å². The van der Waals surface area contributed by atoms with Crippen LogP contribution in [0.2, 0.25) is 0 Å². The van der Waals surface area contributed by atoms with Crippen LogP contribution in [0.1, 0.15) is 11.3 Å². The number of aryl methyl sites for hydroxylation is 2. The summed E-state index contributed by atoms with van der Waals surface area (Å²) < 4.78 is 1.99. The molecule has 0 fully saturated rings. The second-order valence-electron chi connectivity index (χ2n) is 4.79. The first-order valence-electron chi connectivity index (χ1n) is 6.26. The highest BCUT2D eigenvalue weighted by molar-refractivity contribution is 5.68. The number of aromatic nitrogens is 2. The van der Waals surface area contributed by atoms with Crippen LogP contribution in [0.5, 0.6) is 0 Å². The topological polar surface area (TPSA) is 60.4 Å². The third kappa shape index (κ3) is 1.93. The van der Waals surface area contributed by atoms with Gasteiger partial charge in [-0.25, -0.2) is 4.98 Å². The van der Waals surface area contributed by atoms with Gasteiger partial charge >= 0.3 is 0 Å². The summed E-state index contributed by atoms with van der Waals surface area (Å²) in [6, 6.07) is 10.6. The Labute approximate surface area is 115 Å². The second-order valence-corrected chi connectivity index (χ2v) is 4.79. The van der Waals surface area contributed by atoms with Crippen molar-refractivity contribution in [2.75, 3.05) is 0 Å². The third-order valence-electron chi connectivity index (χ3n) is 3.35. The van der Waals surface area contributed by atoms with Crippen molar-refractivity contribution < 1.29 is 4.92 Å². The van der Waals surface area contributed by atoms with Crippen molar-refractivity contribution in [3.05, 3.63) is 64.0 Å². The molecule has 20 heavy (non-hydrogen) atoms. The molecular weight excluding hydrogens is 254 g/mol. The van der Waals surface area contributed by atoms with Crippen LogP contribution in [0.3, 0.4) is 0 Å². The summed E-state index contributed by atoms with van der Waals surface area (Å²) in [4.78, 5) is 15.1. The minimum absolute atomic E-state index is 0.0788. The molecular formula is C15H13N3O2. The zero-order valence-electron chi connectivity index (χ0n) is 11.2. The number of hydrogen-bond acceptors (Lipinski definition) is 3. The highest BCUT2D eigenvalue weighted by Gasteiger charge is 2.13. The first-order valence-corrected chi connectivity index (χ1v) is 6.26. The molecule has 100 valence electrons. The normalized spacial score (nSPS) is 10.9. The van der Waals surface area contributed by atoms with E-state index in [-0.39, 0.29) is 5.69 Å².